The molecule has 2 aromatic rings. The Labute approximate surface area is 129 Å². The normalized spacial score (nSPS) is 10.2. The lowest BCUT2D eigenvalue weighted by Crippen LogP contribution is -2.05. The number of nitro groups is 1. The van der Waals surface area contributed by atoms with Crippen molar-refractivity contribution in [2.24, 2.45) is 0 Å². The van der Waals surface area contributed by atoms with Gasteiger partial charge in [0.2, 0.25) is 5.75 Å². The van der Waals surface area contributed by atoms with Crippen LogP contribution in [0.3, 0.4) is 0 Å². The summed E-state index contributed by atoms with van der Waals surface area (Å²) in [7, 11) is 0. The maximum Gasteiger partial charge on any atom is 0.338 e. The first-order chi connectivity index (χ1) is 10.9. The molecule has 0 amide bonds. The van der Waals surface area contributed by atoms with Crippen LogP contribution in [0.1, 0.15) is 17.3 Å². The molecule has 120 valence electrons. The van der Waals surface area contributed by atoms with Gasteiger partial charge in [-0.15, -0.1) is 0 Å². The third-order valence-corrected chi connectivity index (χ3v) is 2.78. The fourth-order valence-corrected chi connectivity index (χ4v) is 1.76. The summed E-state index contributed by atoms with van der Waals surface area (Å²) < 4.78 is 36.4. The maximum atomic E-state index is 13.6. The van der Waals surface area contributed by atoms with E-state index in [0.29, 0.717) is 6.07 Å². The molecular weight excluding hydrogens is 312 g/mol. The smallest absolute Gasteiger partial charge is 0.338 e. The Hall–Kier alpha value is -3.03. The Bertz CT molecular complexity index is 764. The van der Waals surface area contributed by atoms with E-state index < -0.39 is 34.0 Å². The Morgan fingerprint density at radius 3 is 2.52 bits per heavy atom. The van der Waals surface area contributed by atoms with Crippen LogP contribution in [0, 0.1) is 21.7 Å². The van der Waals surface area contributed by atoms with Crippen molar-refractivity contribution in [3.8, 4) is 11.5 Å². The second kappa shape index (κ2) is 6.82. The number of rotatable bonds is 5. The van der Waals surface area contributed by atoms with Crippen molar-refractivity contribution in [2.45, 2.75) is 6.92 Å². The van der Waals surface area contributed by atoms with Crippen LogP contribution in [0.15, 0.2) is 36.4 Å². The molecule has 2 aromatic carbocycles. The van der Waals surface area contributed by atoms with Crippen molar-refractivity contribution in [2.75, 3.05) is 6.61 Å². The number of halogens is 2. The molecule has 0 aliphatic heterocycles. The van der Waals surface area contributed by atoms with Gasteiger partial charge in [-0.1, -0.05) is 0 Å². The monoisotopic (exact) mass is 323 g/mol. The third kappa shape index (κ3) is 3.79. The lowest BCUT2D eigenvalue weighted by Gasteiger charge is -2.09. The molecule has 0 heterocycles. The van der Waals surface area contributed by atoms with Crippen LogP contribution in [0.25, 0.3) is 0 Å². The molecule has 0 aliphatic carbocycles. The summed E-state index contributed by atoms with van der Waals surface area (Å²) in [5, 5.41) is 11.0. The van der Waals surface area contributed by atoms with E-state index in [2.05, 4.69) is 0 Å². The highest BCUT2D eigenvalue weighted by Crippen LogP contribution is 2.33. The van der Waals surface area contributed by atoms with Crippen molar-refractivity contribution in [1.29, 1.82) is 0 Å². The van der Waals surface area contributed by atoms with Gasteiger partial charge in [0.25, 0.3) is 0 Å². The Morgan fingerprint density at radius 2 is 1.91 bits per heavy atom. The van der Waals surface area contributed by atoms with E-state index in [0.717, 1.165) is 24.3 Å². The first-order valence-electron chi connectivity index (χ1n) is 6.51. The molecule has 0 N–H and O–H groups in total. The second-order valence-electron chi connectivity index (χ2n) is 4.34. The standard InChI is InChI=1S/C15H11F2NO5/c1-2-22-15(19)9-3-5-12(18(20)21)14(7-9)23-13-6-4-10(16)8-11(13)17/h3-8H,2H2,1H3. The number of hydrogen-bond donors (Lipinski definition) is 0. The van der Waals surface area contributed by atoms with Crippen LogP contribution < -0.4 is 4.74 Å². The SMILES string of the molecule is CCOC(=O)c1ccc([N+](=O)[O-])c(Oc2ccc(F)cc2F)c1. The molecule has 0 radical (unpaired) electrons. The van der Waals surface area contributed by atoms with Crippen LogP contribution >= 0.6 is 0 Å². The lowest BCUT2D eigenvalue weighted by atomic mass is 10.2. The number of esters is 1. The van der Waals surface area contributed by atoms with Gasteiger partial charge in [-0.05, 0) is 25.1 Å². The number of hydrogen-bond acceptors (Lipinski definition) is 5. The minimum Gasteiger partial charge on any atom is -0.462 e. The molecule has 0 bridgehead atoms. The Balaban J connectivity index is 2.43. The molecule has 0 spiro atoms. The first-order valence-corrected chi connectivity index (χ1v) is 6.51. The van der Waals surface area contributed by atoms with Gasteiger partial charge < -0.3 is 9.47 Å². The summed E-state index contributed by atoms with van der Waals surface area (Å²) in [6, 6.07) is 5.83. The van der Waals surface area contributed by atoms with Gasteiger partial charge in [-0.25, -0.2) is 13.6 Å². The summed E-state index contributed by atoms with van der Waals surface area (Å²) >= 11 is 0. The van der Waals surface area contributed by atoms with E-state index in [1.807, 2.05) is 0 Å². The topological polar surface area (TPSA) is 78.7 Å². The van der Waals surface area contributed by atoms with Crippen LogP contribution in [-0.4, -0.2) is 17.5 Å². The number of carbonyl (C=O) groups is 1. The molecule has 2 rings (SSSR count). The summed E-state index contributed by atoms with van der Waals surface area (Å²) in [4.78, 5) is 21.9. The molecular formula is C15H11F2NO5. The third-order valence-electron chi connectivity index (χ3n) is 2.78. The van der Waals surface area contributed by atoms with Crippen LogP contribution in [0.5, 0.6) is 11.5 Å². The molecule has 0 aromatic heterocycles. The number of ether oxygens (including phenoxy) is 2. The largest absolute Gasteiger partial charge is 0.462 e. The van der Waals surface area contributed by atoms with Crippen molar-refractivity contribution in [1.82, 2.24) is 0 Å². The second-order valence-corrected chi connectivity index (χ2v) is 4.34. The van der Waals surface area contributed by atoms with Gasteiger partial charge in [0.1, 0.15) is 5.82 Å². The molecule has 23 heavy (non-hydrogen) atoms. The highest BCUT2D eigenvalue weighted by molar-refractivity contribution is 5.90. The minimum atomic E-state index is -1.03. The molecule has 0 atom stereocenters. The molecule has 0 fully saturated rings. The lowest BCUT2D eigenvalue weighted by molar-refractivity contribution is -0.385. The maximum absolute atomic E-state index is 13.6. The minimum absolute atomic E-state index is 0.00923. The summed E-state index contributed by atoms with van der Waals surface area (Å²) in [5.41, 5.74) is -0.461. The zero-order valence-electron chi connectivity index (χ0n) is 11.9. The fourth-order valence-electron chi connectivity index (χ4n) is 1.76. The zero-order valence-corrected chi connectivity index (χ0v) is 11.9. The summed E-state index contributed by atoms with van der Waals surface area (Å²) in [6.07, 6.45) is 0. The van der Waals surface area contributed by atoms with E-state index in [1.165, 1.54) is 6.07 Å². The molecule has 8 heteroatoms. The number of benzene rings is 2. The summed E-state index contributed by atoms with van der Waals surface area (Å²) in [6.45, 7) is 1.73. The average molecular weight is 323 g/mol. The predicted octanol–water partition coefficient (Wildman–Crippen LogP) is 3.84. The fraction of sp³-hybridized carbons (Fsp3) is 0.133. The van der Waals surface area contributed by atoms with Gasteiger partial charge in [0, 0.05) is 18.2 Å². The quantitative estimate of drug-likeness (QED) is 0.474. The van der Waals surface area contributed by atoms with Crippen molar-refractivity contribution < 1.29 is 28.0 Å². The van der Waals surface area contributed by atoms with E-state index in [-0.39, 0.29) is 17.9 Å². The summed E-state index contributed by atoms with van der Waals surface area (Å²) in [5.74, 6) is -3.31. The average Bonchev–Trinajstić information content (AvgIpc) is 2.50. The van der Waals surface area contributed by atoms with Gasteiger partial charge in [0.15, 0.2) is 11.6 Å². The van der Waals surface area contributed by atoms with Crippen LogP contribution in [-0.2, 0) is 4.74 Å². The van der Waals surface area contributed by atoms with Crippen LogP contribution in [0.4, 0.5) is 14.5 Å². The van der Waals surface area contributed by atoms with E-state index in [9.17, 15) is 23.7 Å². The van der Waals surface area contributed by atoms with E-state index in [4.69, 9.17) is 9.47 Å². The Morgan fingerprint density at radius 1 is 1.17 bits per heavy atom. The number of nitrogens with zero attached hydrogens (tertiary/aromatic N) is 1. The van der Waals surface area contributed by atoms with Crippen molar-refractivity contribution in [3.05, 3.63) is 63.7 Å². The molecule has 6 nitrogen and oxygen atoms in total. The van der Waals surface area contributed by atoms with E-state index in [1.54, 1.807) is 6.92 Å². The highest BCUT2D eigenvalue weighted by atomic mass is 19.1. The van der Waals surface area contributed by atoms with Gasteiger partial charge in [0.05, 0.1) is 17.1 Å². The van der Waals surface area contributed by atoms with Gasteiger partial charge >= 0.3 is 11.7 Å². The highest BCUT2D eigenvalue weighted by Gasteiger charge is 2.20. The van der Waals surface area contributed by atoms with Gasteiger partial charge in [-0.3, -0.25) is 10.1 Å². The van der Waals surface area contributed by atoms with Crippen molar-refractivity contribution >= 4 is 11.7 Å². The molecule has 0 saturated heterocycles. The van der Waals surface area contributed by atoms with Crippen LogP contribution in [0.2, 0.25) is 0 Å². The Kier molecular flexibility index (Phi) is 4.85. The number of carbonyl (C=O) groups excluding carboxylic acids is 1. The molecule has 0 aliphatic rings. The first kappa shape index (κ1) is 16.3. The van der Waals surface area contributed by atoms with Crippen molar-refractivity contribution in [3.63, 3.8) is 0 Å². The van der Waals surface area contributed by atoms with Gasteiger partial charge in [-0.2, -0.15) is 0 Å². The molecule has 0 unspecified atom stereocenters. The number of nitro benzene ring substituents is 1. The zero-order chi connectivity index (χ0) is 17.0. The van der Waals surface area contributed by atoms with E-state index >= 15 is 0 Å². The predicted molar refractivity (Wildman–Crippen MR) is 75.5 cm³/mol. The molecule has 0 saturated carbocycles.